The summed E-state index contributed by atoms with van der Waals surface area (Å²) in [5.74, 6) is 1.46. The second-order valence-corrected chi connectivity index (χ2v) is 5.81. The SMILES string of the molecule is CC(C)C1CCCCC1Nc1ccc(=O)n(C)c1. The molecule has 2 unspecified atom stereocenters. The van der Waals surface area contributed by atoms with Crippen molar-refractivity contribution in [2.75, 3.05) is 5.32 Å². The molecule has 0 amide bonds. The van der Waals surface area contributed by atoms with Gasteiger partial charge in [-0.2, -0.15) is 0 Å². The minimum absolute atomic E-state index is 0.0459. The van der Waals surface area contributed by atoms with Gasteiger partial charge in [-0.15, -0.1) is 0 Å². The Kier molecular flexibility index (Phi) is 4.10. The van der Waals surface area contributed by atoms with E-state index in [4.69, 9.17) is 0 Å². The number of anilines is 1. The van der Waals surface area contributed by atoms with Crippen LogP contribution in [0.5, 0.6) is 0 Å². The van der Waals surface area contributed by atoms with Crippen LogP contribution in [0.15, 0.2) is 23.1 Å². The van der Waals surface area contributed by atoms with Gasteiger partial charge in [-0.25, -0.2) is 0 Å². The maximum Gasteiger partial charge on any atom is 0.250 e. The van der Waals surface area contributed by atoms with Gasteiger partial charge in [0.2, 0.25) is 5.56 Å². The molecule has 1 aromatic rings. The number of nitrogens with one attached hydrogen (secondary N) is 1. The Morgan fingerprint density at radius 2 is 2.00 bits per heavy atom. The van der Waals surface area contributed by atoms with Gasteiger partial charge in [0.05, 0.1) is 5.69 Å². The number of aromatic nitrogens is 1. The number of nitrogens with zero attached hydrogens (tertiary/aromatic N) is 1. The first-order valence-electron chi connectivity index (χ1n) is 7.01. The molecule has 0 saturated heterocycles. The number of aryl methyl sites for hydroxylation is 1. The fourth-order valence-corrected chi connectivity index (χ4v) is 3.03. The van der Waals surface area contributed by atoms with Crippen LogP contribution in [-0.2, 0) is 7.05 Å². The summed E-state index contributed by atoms with van der Waals surface area (Å²) in [6, 6.07) is 4.08. The topological polar surface area (TPSA) is 34.0 Å². The Morgan fingerprint density at radius 1 is 1.28 bits per heavy atom. The molecule has 1 aliphatic carbocycles. The van der Waals surface area contributed by atoms with Gasteiger partial charge in [-0.05, 0) is 30.7 Å². The monoisotopic (exact) mass is 248 g/mol. The van der Waals surface area contributed by atoms with E-state index in [9.17, 15) is 4.79 Å². The van der Waals surface area contributed by atoms with Crippen LogP contribution in [0.3, 0.4) is 0 Å². The van der Waals surface area contributed by atoms with Crippen molar-refractivity contribution >= 4 is 5.69 Å². The molecule has 100 valence electrons. The Labute approximate surface area is 109 Å². The van der Waals surface area contributed by atoms with Crippen LogP contribution in [0.4, 0.5) is 5.69 Å². The lowest BCUT2D eigenvalue weighted by molar-refractivity contribution is 0.253. The van der Waals surface area contributed by atoms with Crippen molar-refractivity contribution in [3.8, 4) is 0 Å². The third-order valence-electron chi connectivity index (χ3n) is 4.11. The summed E-state index contributed by atoms with van der Waals surface area (Å²) >= 11 is 0. The van der Waals surface area contributed by atoms with Gasteiger partial charge in [0, 0.05) is 25.4 Å². The number of rotatable bonds is 3. The second kappa shape index (κ2) is 5.59. The quantitative estimate of drug-likeness (QED) is 0.892. The van der Waals surface area contributed by atoms with Gasteiger partial charge in [-0.1, -0.05) is 26.7 Å². The lowest BCUT2D eigenvalue weighted by Crippen LogP contribution is -2.35. The predicted octanol–water partition coefficient (Wildman–Crippen LogP) is 3.01. The summed E-state index contributed by atoms with van der Waals surface area (Å²) in [7, 11) is 1.80. The predicted molar refractivity (Wildman–Crippen MR) is 75.9 cm³/mol. The summed E-state index contributed by atoms with van der Waals surface area (Å²) in [5.41, 5.74) is 1.11. The first-order chi connectivity index (χ1) is 8.58. The number of hydrogen-bond acceptors (Lipinski definition) is 2. The maximum absolute atomic E-state index is 11.4. The number of pyridine rings is 1. The molecule has 2 atom stereocenters. The molecule has 0 aliphatic heterocycles. The van der Waals surface area contributed by atoms with Crippen molar-refractivity contribution in [2.24, 2.45) is 18.9 Å². The summed E-state index contributed by atoms with van der Waals surface area (Å²) in [5, 5.41) is 3.62. The first-order valence-corrected chi connectivity index (χ1v) is 7.01. The fourth-order valence-electron chi connectivity index (χ4n) is 3.03. The van der Waals surface area contributed by atoms with Gasteiger partial charge in [0.25, 0.3) is 0 Å². The average Bonchev–Trinajstić information content (AvgIpc) is 2.34. The Balaban J connectivity index is 2.10. The fraction of sp³-hybridized carbons (Fsp3) is 0.667. The van der Waals surface area contributed by atoms with E-state index in [0.29, 0.717) is 6.04 Å². The molecule has 1 fully saturated rings. The molecule has 3 heteroatoms. The van der Waals surface area contributed by atoms with Crippen molar-refractivity contribution in [2.45, 2.75) is 45.6 Å². The molecule has 1 aliphatic rings. The van der Waals surface area contributed by atoms with E-state index in [1.54, 1.807) is 17.7 Å². The Bertz CT molecular complexity index is 450. The van der Waals surface area contributed by atoms with E-state index in [2.05, 4.69) is 19.2 Å². The van der Waals surface area contributed by atoms with Crippen LogP contribution in [0.1, 0.15) is 39.5 Å². The van der Waals surface area contributed by atoms with Crippen LogP contribution in [-0.4, -0.2) is 10.6 Å². The van der Waals surface area contributed by atoms with E-state index in [-0.39, 0.29) is 5.56 Å². The van der Waals surface area contributed by atoms with E-state index in [1.807, 2.05) is 12.3 Å². The molecule has 0 spiro atoms. The molecule has 0 bridgehead atoms. The molecule has 18 heavy (non-hydrogen) atoms. The standard InChI is InChI=1S/C15H24N2O/c1-11(2)13-6-4-5-7-14(13)16-12-8-9-15(18)17(3)10-12/h8-11,13-14,16H,4-7H2,1-3H3. The molecule has 2 rings (SSSR count). The zero-order valence-corrected chi connectivity index (χ0v) is 11.6. The van der Waals surface area contributed by atoms with Crippen LogP contribution in [0.2, 0.25) is 0 Å². The zero-order valence-electron chi connectivity index (χ0n) is 11.6. The number of hydrogen-bond donors (Lipinski definition) is 1. The van der Waals surface area contributed by atoms with E-state index < -0.39 is 0 Å². The van der Waals surface area contributed by atoms with Gasteiger partial charge < -0.3 is 9.88 Å². The van der Waals surface area contributed by atoms with Crippen LogP contribution >= 0.6 is 0 Å². The Morgan fingerprint density at radius 3 is 2.67 bits per heavy atom. The van der Waals surface area contributed by atoms with E-state index in [1.165, 1.54) is 25.7 Å². The second-order valence-electron chi connectivity index (χ2n) is 5.81. The van der Waals surface area contributed by atoms with Crippen LogP contribution in [0.25, 0.3) is 0 Å². The minimum Gasteiger partial charge on any atom is -0.381 e. The summed E-state index contributed by atoms with van der Waals surface area (Å²) in [6.45, 7) is 4.62. The largest absolute Gasteiger partial charge is 0.381 e. The highest BCUT2D eigenvalue weighted by molar-refractivity contribution is 5.41. The third-order valence-corrected chi connectivity index (χ3v) is 4.11. The lowest BCUT2D eigenvalue weighted by Gasteiger charge is -2.35. The van der Waals surface area contributed by atoms with Gasteiger partial charge in [0.1, 0.15) is 0 Å². The normalized spacial score (nSPS) is 24.2. The highest BCUT2D eigenvalue weighted by atomic mass is 16.1. The van der Waals surface area contributed by atoms with Gasteiger partial charge >= 0.3 is 0 Å². The van der Waals surface area contributed by atoms with Crippen molar-refractivity contribution in [3.05, 3.63) is 28.7 Å². The summed E-state index contributed by atoms with van der Waals surface area (Å²) in [6.07, 6.45) is 7.13. The van der Waals surface area contributed by atoms with Crippen LogP contribution in [0, 0.1) is 11.8 Å². The molecule has 0 aromatic carbocycles. The van der Waals surface area contributed by atoms with Crippen molar-refractivity contribution < 1.29 is 0 Å². The Hall–Kier alpha value is -1.25. The third kappa shape index (κ3) is 2.95. The maximum atomic E-state index is 11.4. The zero-order chi connectivity index (χ0) is 13.1. The van der Waals surface area contributed by atoms with Gasteiger partial charge in [-0.3, -0.25) is 4.79 Å². The lowest BCUT2D eigenvalue weighted by atomic mass is 9.78. The first kappa shape index (κ1) is 13.2. The molecule has 1 saturated carbocycles. The van der Waals surface area contributed by atoms with Gasteiger partial charge in [0.15, 0.2) is 0 Å². The molecular formula is C15H24N2O. The summed E-state index contributed by atoms with van der Waals surface area (Å²) < 4.78 is 1.63. The minimum atomic E-state index is 0.0459. The molecule has 0 radical (unpaired) electrons. The highest BCUT2D eigenvalue weighted by Gasteiger charge is 2.27. The van der Waals surface area contributed by atoms with E-state index >= 15 is 0 Å². The molecule has 1 aromatic heterocycles. The van der Waals surface area contributed by atoms with E-state index in [0.717, 1.165) is 17.5 Å². The van der Waals surface area contributed by atoms with Crippen LogP contribution < -0.4 is 10.9 Å². The smallest absolute Gasteiger partial charge is 0.250 e. The molecule has 1 heterocycles. The average molecular weight is 248 g/mol. The summed E-state index contributed by atoms with van der Waals surface area (Å²) in [4.78, 5) is 11.4. The van der Waals surface area contributed by atoms with Crippen molar-refractivity contribution in [1.82, 2.24) is 4.57 Å². The molecular weight excluding hydrogens is 224 g/mol. The van der Waals surface area contributed by atoms with Crippen molar-refractivity contribution in [1.29, 1.82) is 0 Å². The molecule has 1 N–H and O–H groups in total. The molecule has 3 nitrogen and oxygen atoms in total. The van der Waals surface area contributed by atoms with Crippen molar-refractivity contribution in [3.63, 3.8) is 0 Å². The highest BCUT2D eigenvalue weighted by Crippen LogP contribution is 2.32.